The van der Waals surface area contributed by atoms with Crippen LogP contribution in [-0.2, 0) is 14.2 Å². The molecule has 4 unspecified atom stereocenters. The number of aliphatic hydroxyl groups excluding tert-OH is 1. The molecule has 0 aliphatic carbocycles. The van der Waals surface area contributed by atoms with Crippen LogP contribution >= 0.6 is 0 Å². The van der Waals surface area contributed by atoms with Gasteiger partial charge in [-0.1, -0.05) is 13.3 Å². The summed E-state index contributed by atoms with van der Waals surface area (Å²) in [7, 11) is 1.69. The zero-order chi connectivity index (χ0) is 13.0. The van der Waals surface area contributed by atoms with Gasteiger partial charge in [-0.05, 0) is 25.2 Å². The fourth-order valence-electron chi connectivity index (χ4n) is 3.24. The van der Waals surface area contributed by atoms with Crippen LogP contribution in [0.25, 0.3) is 0 Å². The normalized spacial score (nSPS) is 35.8. The lowest BCUT2D eigenvalue weighted by atomic mass is 9.80. The fraction of sp³-hybridized carbons (Fsp3) is 1.00. The van der Waals surface area contributed by atoms with Gasteiger partial charge in [0.15, 0.2) is 0 Å². The molecule has 2 aliphatic rings. The Kier molecular flexibility index (Phi) is 5.01. The van der Waals surface area contributed by atoms with E-state index in [1.807, 2.05) is 0 Å². The smallest absolute Gasteiger partial charge is 0.0940 e. The van der Waals surface area contributed by atoms with E-state index in [9.17, 15) is 5.11 Å². The first-order valence-electron chi connectivity index (χ1n) is 7.13. The molecule has 0 saturated carbocycles. The Morgan fingerprint density at radius 3 is 2.89 bits per heavy atom. The van der Waals surface area contributed by atoms with E-state index in [0.29, 0.717) is 6.61 Å². The van der Waals surface area contributed by atoms with E-state index in [1.165, 1.54) is 0 Å². The average Bonchev–Trinajstić information content (AvgIpc) is 2.83. The Morgan fingerprint density at radius 1 is 1.44 bits per heavy atom. The molecule has 0 radical (unpaired) electrons. The third kappa shape index (κ3) is 3.05. The standard InChI is InChI=1S/C14H26O4/c1-3-4-12(16-2)13(15)11-5-7-18-14(9-11)6-8-17-10-14/h11-13,15H,3-10H2,1-2H3. The highest BCUT2D eigenvalue weighted by Crippen LogP contribution is 2.38. The molecule has 2 rings (SSSR count). The van der Waals surface area contributed by atoms with Crippen LogP contribution in [0.15, 0.2) is 0 Å². The second-order valence-electron chi connectivity index (χ2n) is 5.64. The van der Waals surface area contributed by atoms with Gasteiger partial charge in [0.1, 0.15) is 0 Å². The van der Waals surface area contributed by atoms with E-state index in [1.54, 1.807) is 7.11 Å². The Balaban J connectivity index is 1.94. The first kappa shape index (κ1) is 14.3. The molecule has 4 nitrogen and oxygen atoms in total. The summed E-state index contributed by atoms with van der Waals surface area (Å²) in [6.45, 7) is 4.32. The number of hydrogen-bond acceptors (Lipinski definition) is 4. The number of aliphatic hydroxyl groups is 1. The Bertz CT molecular complexity index is 250. The number of ether oxygens (including phenoxy) is 3. The van der Waals surface area contributed by atoms with Crippen LogP contribution in [0, 0.1) is 5.92 Å². The van der Waals surface area contributed by atoms with Gasteiger partial charge in [-0.15, -0.1) is 0 Å². The van der Waals surface area contributed by atoms with E-state index in [2.05, 4.69) is 6.92 Å². The van der Waals surface area contributed by atoms with Gasteiger partial charge in [-0.3, -0.25) is 0 Å². The summed E-state index contributed by atoms with van der Waals surface area (Å²) >= 11 is 0. The van der Waals surface area contributed by atoms with E-state index in [-0.39, 0.29) is 23.7 Å². The molecular formula is C14H26O4. The van der Waals surface area contributed by atoms with Gasteiger partial charge in [0.2, 0.25) is 0 Å². The predicted octanol–water partition coefficient (Wildman–Crippen LogP) is 1.75. The van der Waals surface area contributed by atoms with Crippen LogP contribution in [0.2, 0.25) is 0 Å². The van der Waals surface area contributed by atoms with E-state index in [0.717, 1.165) is 45.3 Å². The van der Waals surface area contributed by atoms with Gasteiger partial charge >= 0.3 is 0 Å². The van der Waals surface area contributed by atoms with Crippen LogP contribution in [-0.4, -0.2) is 49.8 Å². The molecule has 0 bridgehead atoms. The summed E-state index contributed by atoms with van der Waals surface area (Å²) in [6, 6.07) is 0. The maximum atomic E-state index is 10.5. The fourth-order valence-corrected chi connectivity index (χ4v) is 3.24. The van der Waals surface area contributed by atoms with Crippen LogP contribution in [0.1, 0.15) is 39.0 Å². The highest BCUT2D eigenvalue weighted by molar-refractivity contribution is 4.93. The molecule has 2 heterocycles. The minimum atomic E-state index is -0.378. The summed E-state index contributed by atoms with van der Waals surface area (Å²) in [5.41, 5.74) is -0.131. The van der Waals surface area contributed by atoms with Crippen molar-refractivity contribution in [3.63, 3.8) is 0 Å². The van der Waals surface area contributed by atoms with Crippen molar-refractivity contribution >= 4 is 0 Å². The molecule has 0 aromatic rings. The van der Waals surface area contributed by atoms with Crippen LogP contribution < -0.4 is 0 Å². The zero-order valence-electron chi connectivity index (χ0n) is 11.6. The van der Waals surface area contributed by atoms with Gasteiger partial charge in [0, 0.05) is 26.7 Å². The van der Waals surface area contributed by atoms with Crippen LogP contribution in [0.3, 0.4) is 0 Å². The topological polar surface area (TPSA) is 47.9 Å². The minimum absolute atomic E-state index is 0.0440. The van der Waals surface area contributed by atoms with Crippen molar-refractivity contribution in [1.29, 1.82) is 0 Å². The highest BCUT2D eigenvalue weighted by atomic mass is 16.6. The van der Waals surface area contributed by atoms with Gasteiger partial charge < -0.3 is 19.3 Å². The molecule has 2 saturated heterocycles. The van der Waals surface area contributed by atoms with Crippen molar-refractivity contribution in [1.82, 2.24) is 0 Å². The molecule has 2 aliphatic heterocycles. The first-order chi connectivity index (χ1) is 8.71. The molecule has 0 amide bonds. The predicted molar refractivity (Wildman–Crippen MR) is 68.6 cm³/mol. The van der Waals surface area contributed by atoms with Crippen LogP contribution in [0.4, 0.5) is 0 Å². The summed E-state index contributed by atoms with van der Waals surface area (Å²) in [5, 5.41) is 10.5. The molecule has 1 spiro atoms. The molecule has 4 heteroatoms. The number of hydrogen-bond donors (Lipinski definition) is 1. The molecule has 0 aromatic carbocycles. The van der Waals surface area contributed by atoms with Crippen molar-refractivity contribution in [3.8, 4) is 0 Å². The maximum Gasteiger partial charge on any atom is 0.0940 e. The molecular weight excluding hydrogens is 232 g/mol. The largest absolute Gasteiger partial charge is 0.390 e. The third-order valence-electron chi connectivity index (χ3n) is 4.34. The molecule has 1 N–H and O–H groups in total. The lowest BCUT2D eigenvalue weighted by Crippen LogP contribution is -2.46. The summed E-state index contributed by atoms with van der Waals surface area (Å²) < 4.78 is 16.8. The molecule has 2 fully saturated rings. The quantitative estimate of drug-likeness (QED) is 0.816. The van der Waals surface area contributed by atoms with Gasteiger partial charge in [-0.2, -0.15) is 0 Å². The van der Waals surface area contributed by atoms with Crippen molar-refractivity contribution in [3.05, 3.63) is 0 Å². The zero-order valence-corrected chi connectivity index (χ0v) is 11.6. The summed E-state index contributed by atoms with van der Waals surface area (Å²) in [5.74, 6) is 0.275. The SMILES string of the molecule is CCCC(OC)C(O)C1CCOC2(CCOC2)C1. The van der Waals surface area contributed by atoms with Gasteiger partial charge in [-0.25, -0.2) is 0 Å². The van der Waals surface area contributed by atoms with Crippen molar-refractivity contribution in [2.24, 2.45) is 5.92 Å². The maximum absolute atomic E-state index is 10.5. The lowest BCUT2D eigenvalue weighted by molar-refractivity contribution is -0.136. The van der Waals surface area contributed by atoms with Crippen molar-refractivity contribution < 1.29 is 19.3 Å². The highest BCUT2D eigenvalue weighted by Gasteiger charge is 2.43. The minimum Gasteiger partial charge on any atom is -0.390 e. The third-order valence-corrected chi connectivity index (χ3v) is 4.34. The molecule has 4 atom stereocenters. The van der Waals surface area contributed by atoms with Crippen molar-refractivity contribution in [2.75, 3.05) is 26.9 Å². The van der Waals surface area contributed by atoms with Crippen LogP contribution in [0.5, 0.6) is 0 Å². The Labute approximate surface area is 110 Å². The second-order valence-corrected chi connectivity index (χ2v) is 5.64. The summed E-state index contributed by atoms with van der Waals surface area (Å²) in [4.78, 5) is 0. The van der Waals surface area contributed by atoms with E-state index >= 15 is 0 Å². The summed E-state index contributed by atoms with van der Waals surface area (Å²) in [6.07, 6.45) is 4.31. The van der Waals surface area contributed by atoms with Gasteiger partial charge in [0.05, 0.1) is 24.4 Å². The van der Waals surface area contributed by atoms with E-state index in [4.69, 9.17) is 14.2 Å². The molecule has 0 aromatic heterocycles. The van der Waals surface area contributed by atoms with E-state index < -0.39 is 0 Å². The average molecular weight is 258 g/mol. The van der Waals surface area contributed by atoms with Gasteiger partial charge in [0.25, 0.3) is 0 Å². The first-order valence-corrected chi connectivity index (χ1v) is 7.13. The van der Waals surface area contributed by atoms with Crippen molar-refractivity contribution in [2.45, 2.75) is 56.8 Å². The Hall–Kier alpha value is -0.160. The Morgan fingerprint density at radius 2 is 2.28 bits per heavy atom. The second kappa shape index (κ2) is 6.33. The molecule has 106 valence electrons. The number of rotatable bonds is 5. The molecule has 18 heavy (non-hydrogen) atoms. The monoisotopic (exact) mass is 258 g/mol. The number of methoxy groups -OCH3 is 1. The lowest BCUT2D eigenvalue weighted by Gasteiger charge is -2.40.